The molecule has 2 aromatic rings. The van der Waals surface area contributed by atoms with Gasteiger partial charge in [0.25, 0.3) is 5.91 Å². The highest BCUT2D eigenvalue weighted by Gasteiger charge is 2.33. The quantitative estimate of drug-likeness (QED) is 0.598. The van der Waals surface area contributed by atoms with E-state index >= 15 is 0 Å². The highest BCUT2D eigenvalue weighted by Crippen LogP contribution is 2.40. The van der Waals surface area contributed by atoms with Crippen molar-refractivity contribution in [3.63, 3.8) is 0 Å². The van der Waals surface area contributed by atoms with Gasteiger partial charge in [0.05, 0.1) is 22.7 Å². The number of sulfonamides is 1. The van der Waals surface area contributed by atoms with Gasteiger partial charge in [-0.1, -0.05) is 6.07 Å². The SMILES string of the molecule is Cc1cc(C2CC2)cnc1N1CCN(C(=O)c2ccc(N3CCCS3(=O)=O)cc2N2CCCC2=O)CC1. The van der Waals surface area contributed by atoms with E-state index in [4.69, 9.17) is 4.98 Å². The Balaban J connectivity index is 1.22. The summed E-state index contributed by atoms with van der Waals surface area (Å²) >= 11 is 0. The number of aryl methyl sites for hydroxylation is 1. The van der Waals surface area contributed by atoms with Gasteiger partial charge in [0, 0.05) is 51.9 Å². The summed E-state index contributed by atoms with van der Waals surface area (Å²) in [5.41, 5.74) is 3.98. The number of nitrogens with zero attached hydrogens (tertiary/aromatic N) is 5. The summed E-state index contributed by atoms with van der Waals surface area (Å²) in [5.74, 6) is 1.61. The number of aromatic nitrogens is 1. The second-order valence-corrected chi connectivity index (χ2v) is 12.6. The van der Waals surface area contributed by atoms with Crippen molar-refractivity contribution in [2.24, 2.45) is 0 Å². The monoisotopic (exact) mass is 523 g/mol. The molecule has 0 atom stereocenters. The average Bonchev–Trinajstić information content (AvgIpc) is 3.56. The van der Waals surface area contributed by atoms with Crippen LogP contribution in [-0.2, 0) is 14.8 Å². The molecule has 1 saturated carbocycles. The minimum atomic E-state index is -3.36. The lowest BCUT2D eigenvalue weighted by atomic mass is 10.1. The van der Waals surface area contributed by atoms with Gasteiger partial charge in [0.1, 0.15) is 5.82 Å². The molecule has 4 fully saturated rings. The third-order valence-electron chi connectivity index (χ3n) is 7.95. The third kappa shape index (κ3) is 4.56. The maximum atomic E-state index is 13.7. The summed E-state index contributed by atoms with van der Waals surface area (Å²) < 4.78 is 26.4. The topological polar surface area (TPSA) is 94.1 Å². The predicted molar refractivity (Wildman–Crippen MR) is 143 cm³/mol. The van der Waals surface area contributed by atoms with Gasteiger partial charge in [-0.05, 0) is 67.9 Å². The number of carbonyl (C=O) groups excluding carboxylic acids is 2. The molecule has 1 aromatic heterocycles. The van der Waals surface area contributed by atoms with E-state index in [1.807, 2.05) is 11.1 Å². The number of amides is 2. The highest BCUT2D eigenvalue weighted by atomic mass is 32.2. The molecule has 3 saturated heterocycles. The Morgan fingerprint density at radius 2 is 1.78 bits per heavy atom. The third-order valence-corrected chi connectivity index (χ3v) is 9.82. The zero-order chi connectivity index (χ0) is 25.7. The van der Waals surface area contributed by atoms with Gasteiger partial charge in [-0.2, -0.15) is 0 Å². The fraction of sp³-hybridized carbons (Fsp3) is 0.519. The van der Waals surface area contributed by atoms with Gasteiger partial charge >= 0.3 is 0 Å². The maximum absolute atomic E-state index is 13.7. The zero-order valence-corrected chi connectivity index (χ0v) is 22.0. The van der Waals surface area contributed by atoms with E-state index in [2.05, 4.69) is 17.9 Å². The van der Waals surface area contributed by atoms with Crippen LogP contribution in [0.25, 0.3) is 0 Å². The average molecular weight is 524 g/mol. The van der Waals surface area contributed by atoms with Crippen molar-refractivity contribution in [2.45, 2.75) is 44.9 Å². The van der Waals surface area contributed by atoms with Crippen LogP contribution in [0.5, 0.6) is 0 Å². The summed E-state index contributed by atoms with van der Waals surface area (Å²) in [6.07, 6.45) is 6.23. The summed E-state index contributed by atoms with van der Waals surface area (Å²) in [4.78, 5) is 36.8. The molecule has 0 bridgehead atoms. The van der Waals surface area contributed by atoms with Crippen molar-refractivity contribution in [3.05, 3.63) is 47.2 Å². The van der Waals surface area contributed by atoms with Crippen molar-refractivity contribution >= 4 is 39.0 Å². The van der Waals surface area contributed by atoms with Crippen molar-refractivity contribution in [2.75, 3.05) is 59.1 Å². The van der Waals surface area contributed by atoms with Crippen LogP contribution in [0, 0.1) is 6.92 Å². The van der Waals surface area contributed by atoms with Crippen LogP contribution in [0.2, 0.25) is 0 Å². The Morgan fingerprint density at radius 3 is 2.41 bits per heavy atom. The molecular weight excluding hydrogens is 490 g/mol. The zero-order valence-electron chi connectivity index (χ0n) is 21.2. The van der Waals surface area contributed by atoms with Crippen LogP contribution in [0.1, 0.15) is 59.5 Å². The van der Waals surface area contributed by atoms with E-state index in [1.165, 1.54) is 28.3 Å². The Morgan fingerprint density at radius 1 is 1.00 bits per heavy atom. The predicted octanol–water partition coefficient (Wildman–Crippen LogP) is 2.90. The largest absolute Gasteiger partial charge is 0.353 e. The number of pyridine rings is 1. The molecule has 4 heterocycles. The molecule has 0 N–H and O–H groups in total. The lowest BCUT2D eigenvalue weighted by Crippen LogP contribution is -2.49. The second kappa shape index (κ2) is 9.31. The fourth-order valence-corrected chi connectivity index (χ4v) is 7.32. The molecular formula is C27H33N5O4S. The van der Waals surface area contributed by atoms with Gasteiger partial charge in [-0.15, -0.1) is 0 Å². The number of carbonyl (C=O) groups is 2. The van der Waals surface area contributed by atoms with Crippen LogP contribution in [0.4, 0.5) is 17.2 Å². The van der Waals surface area contributed by atoms with Crippen LogP contribution in [0.3, 0.4) is 0 Å². The Bertz CT molecular complexity index is 1350. The number of benzene rings is 1. The van der Waals surface area contributed by atoms with E-state index in [1.54, 1.807) is 23.1 Å². The molecule has 1 aromatic carbocycles. The van der Waals surface area contributed by atoms with E-state index < -0.39 is 10.0 Å². The lowest BCUT2D eigenvalue weighted by molar-refractivity contribution is -0.117. The van der Waals surface area contributed by atoms with Crippen molar-refractivity contribution in [1.82, 2.24) is 9.88 Å². The van der Waals surface area contributed by atoms with Crippen LogP contribution in [0.15, 0.2) is 30.5 Å². The van der Waals surface area contributed by atoms with Crippen LogP contribution < -0.4 is 14.1 Å². The number of hydrogen-bond acceptors (Lipinski definition) is 6. The van der Waals surface area contributed by atoms with Crippen LogP contribution >= 0.6 is 0 Å². The molecule has 3 aliphatic heterocycles. The first-order valence-electron chi connectivity index (χ1n) is 13.3. The number of rotatable bonds is 5. The van der Waals surface area contributed by atoms with Crippen molar-refractivity contribution in [3.8, 4) is 0 Å². The maximum Gasteiger partial charge on any atom is 0.256 e. The fourth-order valence-electron chi connectivity index (χ4n) is 5.76. The molecule has 10 heteroatoms. The van der Waals surface area contributed by atoms with E-state index in [0.29, 0.717) is 75.0 Å². The van der Waals surface area contributed by atoms with Crippen LogP contribution in [-0.4, -0.2) is 75.1 Å². The minimum absolute atomic E-state index is 0.0310. The molecule has 9 nitrogen and oxygen atoms in total. The Labute approximate surface area is 218 Å². The molecule has 6 rings (SSSR count). The molecule has 1 aliphatic carbocycles. The summed E-state index contributed by atoms with van der Waals surface area (Å²) in [7, 11) is -3.36. The first-order valence-corrected chi connectivity index (χ1v) is 14.9. The van der Waals surface area contributed by atoms with E-state index in [0.717, 1.165) is 12.2 Å². The van der Waals surface area contributed by atoms with Crippen molar-refractivity contribution < 1.29 is 18.0 Å². The number of anilines is 3. The minimum Gasteiger partial charge on any atom is -0.353 e. The van der Waals surface area contributed by atoms with E-state index in [-0.39, 0.29) is 17.6 Å². The molecule has 37 heavy (non-hydrogen) atoms. The first kappa shape index (κ1) is 24.2. The number of hydrogen-bond donors (Lipinski definition) is 0. The molecule has 2 amide bonds. The van der Waals surface area contributed by atoms with E-state index in [9.17, 15) is 18.0 Å². The number of piperazine rings is 1. The summed E-state index contributed by atoms with van der Waals surface area (Å²) in [5, 5.41) is 0. The molecule has 4 aliphatic rings. The van der Waals surface area contributed by atoms with Gasteiger partial charge in [-0.3, -0.25) is 13.9 Å². The smallest absolute Gasteiger partial charge is 0.256 e. The van der Waals surface area contributed by atoms with Crippen molar-refractivity contribution in [1.29, 1.82) is 0 Å². The summed E-state index contributed by atoms with van der Waals surface area (Å²) in [6.45, 7) is 5.53. The normalized spacial score (nSPS) is 21.7. The Kier molecular flexibility index (Phi) is 6.09. The van der Waals surface area contributed by atoms with Gasteiger partial charge in [0.15, 0.2) is 0 Å². The Hall–Kier alpha value is -3.14. The van der Waals surface area contributed by atoms with Gasteiger partial charge < -0.3 is 14.7 Å². The standard InChI is InChI=1S/C27H33N5O4S/c1-19-16-21(20-5-6-20)18-28-26(19)29-11-13-30(14-12-29)27(34)23-8-7-22(32-10-3-15-37(32,35)36)17-24(23)31-9-2-4-25(31)33/h7-8,16-18,20H,2-6,9-15H2,1H3. The molecule has 0 spiro atoms. The molecule has 0 unspecified atom stereocenters. The molecule has 0 radical (unpaired) electrons. The lowest BCUT2D eigenvalue weighted by Gasteiger charge is -2.36. The van der Waals surface area contributed by atoms with Gasteiger partial charge in [0.2, 0.25) is 15.9 Å². The van der Waals surface area contributed by atoms with Gasteiger partial charge in [-0.25, -0.2) is 13.4 Å². The highest BCUT2D eigenvalue weighted by molar-refractivity contribution is 7.93. The summed E-state index contributed by atoms with van der Waals surface area (Å²) in [6, 6.07) is 7.36. The molecule has 196 valence electrons. The second-order valence-electron chi connectivity index (χ2n) is 10.6. The first-order chi connectivity index (χ1) is 17.8.